The second-order valence-corrected chi connectivity index (χ2v) is 9.60. The fourth-order valence-corrected chi connectivity index (χ4v) is 4.32. The van der Waals surface area contributed by atoms with E-state index in [0.717, 1.165) is 5.56 Å². The van der Waals surface area contributed by atoms with Gasteiger partial charge in [-0.1, -0.05) is 63.2 Å². The van der Waals surface area contributed by atoms with Crippen LogP contribution in [0.1, 0.15) is 44.4 Å². The Hall–Kier alpha value is -4.27. The normalized spacial score (nSPS) is 18.7. The van der Waals surface area contributed by atoms with Crippen molar-refractivity contribution in [1.82, 2.24) is 16.0 Å². The number of rotatable bonds is 11. The standard InChI is InChI=1S/C29H33N3O6/c1-17(2)26(27(35)25-18(3)28(36)32-29(25)37)31-24(34)16-22(20-10-6-5-7-11-20)30-23(33)14-13-19-9-8-12-21(15-19)38-4/h5-15,17-18,22,25-26H,16H2,1-4H3,(H,30,33)(H,31,34)(H,32,36,37)/b14-13+/t18-,22-,25+,26-/m0/s1. The molecule has 4 atom stereocenters. The van der Waals surface area contributed by atoms with Crippen LogP contribution in [-0.2, 0) is 24.0 Å². The quantitative estimate of drug-likeness (QED) is 0.238. The molecule has 1 aliphatic rings. The second kappa shape index (κ2) is 12.8. The predicted octanol–water partition coefficient (Wildman–Crippen LogP) is 2.57. The number of ether oxygens (including phenoxy) is 1. The van der Waals surface area contributed by atoms with Crippen molar-refractivity contribution >= 4 is 35.5 Å². The van der Waals surface area contributed by atoms with Gasteiger partial charge in [0.15, 0.2) is 5.78 Å². The van der Waals surface area contributed by atoms with Crippen molar-refractivity contribution in [3.8, 4) is 5.75 Å². The molecule has 1 saturated heterocycles. The lowest BCUT2D eigenvalue weighted by molar-refractivity contribution is -0.137. The van der Waals surface area contributed by atoms with Crippen LogP contribution in [0, 0.1) is 17.8 Å². The molecule has 2 aromatic carbocycles. The average Bonchev–Trinajstić information content (AvgIpc) is 3.16. The number of amides is 4. The Labute approximate surface area is 222 Å². The molecular formula is C29H33N3O6. The molecule has 0 bridgehead atoms. The SMILES string of the molecule is COc1cccc(/C=C/C(=O)N[C@@H](CC(=O)N[C@H](C(=O)[C@@H]2C(=O)NC(=O)[C@H]2C)C(C)C)c2ccccc2)c1. The monoisotopic (exact) mass is 519 g/mol. The Morgan fingerprint density at radius 2 is 1.71 bits per heavy atom. The van der Waals surface area contributed by atoms with Gasteiger partial charge in [0.25, 0.3) is 0 Å². The van der Waals surface area contributed by atoms with Gasteiger partial charge in [-0.15, -0.1) is 0 Å². The number of carbonyl (C=O) groups is 5. The maximum absolute atomic E-state index is 13.2. The molecule has 2 aromatic rings. The van der Waals surface area contributed by atoms with Crippen LogP contribution < -0.4 is 20.7 Å². The number of hydrogen-bond acceptors (Lipinski definition) is 6. The van der Waals surface area contributed by atoms with E-state index in [1.165, 1.54) is 13.0 Å². The highest BCUT2D eigenvalue weighted by atomic mass is 16.5. The molecule has 0 spiro atoms. The molecule has 0 saturated carbocycles. The molecule has 0 radical (unpaired) electrons. The lowest BCUT2D eigenvalue weighted by Gasteiger charge is -2.25. The summed E-state index contributed by atoms with van der Waals surface area (Å²) in [5.74, 6) is -4.15. The van der Waals surface area contributed by atoms with E-state index in [0.29, 0.717) is 11.3 Å². The number of nitrogens with one attached hydrogen (secondary N) is 3. The number of benzene rings is 2. The van der Waals surface area contributed by atoms with Crippen LogP contribution >= 0.6 is 0 Å². The Morgan fingerprint density at radius 1 is 1.00 bits per heavy atom. The zero-order chi connectivity index (χ0) is 27.8. The molecule has 3 N–H and O–H groups in total. The predicted molar refractivity (Wildman–Crippen MR) is 142 cm³/mol. The Balaban J connectivity index is 1.72. The van der Waals surface area contributed by atoms with E-state index in [-0.39, 0.29) is 12.3 Å². The van der Waals surface area contributed by atoms with Crippen LogP contribution in [0.4, 0.5) is 0 Å². The first-order valence-corrected chi connectivity index (χ1v) is 12.5. The third-order valence-corrected chi connectivity index (χ3v) is 6.47. The van der Waals surface area contributed by atoms with Gasteiger partial charge in [0.2, 0.25) is 23.6 Å². The van der Waals surface area contributed by atoms with Gasteiger partial charge < -0.3 is 15.4 Å². The first kappa shape index (κ1) is 28.3. The zero-order valence-corrected chi connectivity index (χ0v) is 21.9. The van der Waals surface area contributed by atoms with Crippen molar-refractivity contribution in [2.75, 3.05) is 7.11 Å². The van der Waals surface area contributed by atoms with Gasteiger partial charge in [-0.25, -0.2) is 0 Å². The van der Waals surface area contributed by atoms with Gasteiger partial charge in [0.05, 0.1) is 31.5 Å². The van der Waals surface area contributed by atoms with E-state index in [1.54, 1.807) is 63.4 Å². The second-order valence-electron chi connectivity index (χ2n) is 9.60. The van der Waals surface area contributed by atoms with Crippen LogP contribution in [-0.4, -0.2) is 42.6 Å². The van der Waals surface area contributed by atoms with Gasteiger partial charge in [-0.3, -0.25) is 29.3 Å². The fourth-order valence-electron chi connectivity index (χ4n) is 4.32. The zero-order valence-electron chi connectivity index (χ0n) is 21.9. The first-order chi connectivity index (χ1) is 18.1. The molecule has 9 heteroatoms. The molecule has 38 heavy (non-hydrogen) atoms. The smallest absolute Gasteiger partial charge is 0.244 e. The maximum Gasteiger partial charge on any atom is 0.244 e. The summed E-state index contributed by atoms with van der Waals surface area (Å²) in [7, 11) is 1.56. The molecule has 1 aliphatic heterocycles. The van der Waals surface area contributed by atoms with Crippen LogP contribution in [0.15, 0.2) is 60.7 Å². The van der Waals surface area contributed by atoms with Gasteiger partial charge >= 0.3 is 0 Å². The lowest BCUT2D eigenvalue weighted by atomic mass is 9.85. The van der Waals surface area contributed by atoms with E-state index in [9.17, 15) is 24.0 Å². The molecule has 1 heterocycles. The Kier molecular flexibility index (Phi) is 9.54. The topological polar surface area (TPSA) is 131 Å². The number of hydrogen-bond donors (Lipinski definition) is 3. The van der Waals surface area contributed by atoms with E-state index >= 15 is 0 Å². The number of methoxy groups -OCH3 is 1. The molecule has 3 rings (SSSR count). The van der Waals surface area contributed by atoms with Crippen molar-refractivity contribution in [3.63, 3.8) is 0 Å². The third kappa shape index (κ3) is 7.15. The molecule has 9 nitrogen and oxygen atoms in total. The highest BCUT2D eigenvalue weighted by Gasteiger charge is 2.46. The minimum absolute atomic E-state index is 0.134. The molecule has 0 aliphatic carbocycles. The summed E-state index contributed by atoms with van der Waals surface area (Å²) >= 11 is 0. The van der Waals surface area contributed by atoms with Crippen molar-refractivity contribution in [3.05, 3.63) is 71.8 Å². The molecule has 4 amide bonds. The minimum atomic E-state index is -1.15. The molecule has 0 aromatic heterocycles. The average molecular weight is 520 g/mol. The largest absolute Gasteiger partial charge is 0.497 e. The number of imide groups is 1. The summed E-state index contributed by atoms with van der Waals surface area (Å²) in [4.78, 5) is 63.1. The number of ketones is 1. The Morgan fingerprint density at radius 3 is 2.32 bits per heavy atom. The summed E-state index contributed by atoms with van der Waals surface area (Å²) in [6.07, 6.45) is 2.88. The van der Waals surface area contributed by atoms with E-state index in [4.69, 9.17) is 4.74 Å². The number of Topliss-reactive ketones (excluding diaryl/α,β-unsaturated/α-hetero) is 1. The summed E-state index contributed by atoms with van der Waals surface area (Å²) in [5, 5.41) is 7.77. The van der Waals surface area contributed by atoms with Crippen molar-refractivity contribution in [2.45, 2.75) is 39.3 Å². The van der Waals surface area contributed by atoms with Gasteiger partial charge in [0.1, 0.15) is 11.7 Å². The summed E-state index contributed by atoms with van der Waals surface area (Å²) < 4.78 is 5.20. The maximum atomic E-state index is 13.2. The highest BCUT2D eigenvalue weighted by Crippen LogP contribution is 2.24. The summed E-state index contributed by atoms with van der Waals surface area (Å²) in [5.41, 5.74) is 1.49. The third-order valence-electron chi connectivity index (χ3n) is 6.47. The fraction of sp³-hybridized carbons (Fsp3) is 0.345. The van der Waals surface area contributed by atoms with Crippen LogP contribution in [0.5, 0.6) is 5.75 Å². The molecular weight excluding hydrogens is 486 g/mol. The summed E-state index contributed by atoms with van der Waals surface area (Å²) in [6, 6.07) is 14.6. The van der Waals surface area contributed by atoms with Crippen molar-refractivity contribution < 1.29 is 28.7 Å². The van der Waals surface area contributed by atoms with Gasteiger partial charge in [0, 0.05) is 6.08 Å². The van der Waals surface area contributed by atoms with E-state index in [2.05, 4.69) is 16.0 Å². The molecule has 1 fully saturated rings. The molecule has 200 valence electrons. The van der Waals surface area contributed by atoms with E-state index < -0.39 is 53.3 Å². The van der Waals surface area contributed by atoms with Gasteiger partial charge in [-0.2, -0.15) is 0 Å². The van der Waals surface area contributed by atoms with E-state index in [1.807, 2.05) is 18.2 Å². The lowest BCUT2D eigenvalue weighted by Crippen LogP contribution is -2.49. The minimum Gasteiger partial charge on any atom is -0.497 e. The summed E-state index contributed by atoms with van der Waals surface area (Å²) in [6.45, 7) is 5.02. The first-order valence-electron chi connectivity index (χ1n) is 12.5. The van der Waals surface area contributed by atoms with Gasteiger partial charge in [-0.05, 0) is 35.3 Å². The van der Waals surface area contributed by atoms with Crippen LogP contribution in [0.2, 0.25) is 0 Å². The van der Waals surface area contributed by atoms with Crippen molar-refractivity contribution in [2.24, 2.45) is 17.8 Å². The van der Waals surface area contributed by atoms with Crippen LogP contribution in [0.3, 0.4) is 0 Å². The Bertz CT molecular complexity index is 1220. The number of carbonyl (C=O) groups excluding carboxylic acids is 5. The highest BCUT2D eigenvalue weighted by molar-refractivity contribution is 6.16. The van der Waals surface area contributed by atoms with Crippen molar-refractivity contribution in [1.29, 1.82) is 0 Å². The van der Waals surface area contributed by atoms with Crippen LogP contribution in [0.25, 0.3) is 6.08 Å². The molecule has 0 unspecified atom stereocenters.